The van der Waals surface area contributed by atoms with Crippen molar-refractivity contribution in [3.63, 3.8) is 0 Å². The summed E-state index contributed by atoms with van der Waals surface area (Å²) in [6, 6.07) is 1.76. The van der Waals surface area contributed by atoms with Gasteiger partial charge in [0.15, 0.2) is 0 Å². The summed E-state index contributed by atoms with van der Waals surface area (Å²) in [6.07, 6.45) is 4.64. The summed E-state index contributed by atoms with van der Waals surface area (Å²) in [7, 11) is 3.51. The molecule has 8 nitrogen and oxygen atoms in total. The predicted octanol–water partition coefficient (Wildman–Crippen LogP) is -0.0216. The molecule has 3 rings (SSSR count). The lowest BCUT2D eigenvalue weighted by molar-refractivity contribution is 0.258. The molecule has 0 saturated carbocycles. The van der Waals surface area contributed by atoms with E-state index >= 15 is 0 Å². The second-order valence-corrected chi connectivity index (χ2v) is 5.36. The molecule has 0 aromatic carbocycles. The van der Waals surface area contributed by atoms with Crippen LogP contribution in [0.25, 0.3) is 0 Å². The third kappa shape index (κ3) is 3.51. The Balaban J connectivity index is 1.49. The van der Waals surface area contributed by atoms with Crippen molar-refractivity contribution in [3.05, 3.63) is 24.2 Å². The summed E-state index contributed by atoms with van der Waals surface area (Å²) in [5.41, 5.74) is 1.04. The highest BCUT2D eigenvalue weighted by atomic mass is 16.5. The van der Waals surface area contributed by atoms with Gasteiger partial charge in [0.25, 0.3) is 0 Å². The minimum absolute atomic E-state index is 0.607. The van der Waals surface area contributed by atoms with Crippen LogP contribution in [0.3, 0.4) is 0 Å². The van der Waals surface area contributed by atoms with Gasteiger partial charge in [-0.15, -0.1) is 5.10 Å². The molecule has 0 bridgehead atoms. The second-order valence-electron chi connectivity index (χ2n) is 5.36. The van der Waals surface area contributed by atoms with Crippen LogP contribution in [-0.2, 0) is 13.5 Å². The molecular weight excluding hydrogens is 282 g/mol. The van der Waals surface area contributed by atoms with Crippen molar-refractivity contribution in [2.75, 3.05) is 44.7 Å². The van der Waals surface area contributed by atoms with Gasteiger partial charge in [-0.2, -0.15) is 4.98 Å². The highest BCUT2D eigenvalue weighted by Crippen LogP contribution is 2.14. The van der Waals surface area contributed by atoms with Gasteiger partial charge in [-0.1, -0.05) is 5.21 Å². The van der Waals surface area contributed by atoms with Gasteiger partial charge in [0.2, 0.25) is 11.8 Å². The van der Waals surface area contributed by atoms with E-state index in [0.717, 1.165) is 50.8 Å². The quantitative estimate of drug-likeness (QED) is 0.768. The minimum atomic E-state index is 0.607. The summed E-state index contributed by atoms with van der Waals surface area (Å²) >= 11 is 0. The van der Waals surface area contributed by atoms with Crippen LogP contribution in [0, 0.1) is 0 Å². The monoisotopic (exact) mass is 303 g/mol. The molecule has 118 valence electrons. The van der Waals surface area contributed by atoms with Gasteiger partial charge in [-0.25, -0.2) is 4.98 Å². The SMILES string of the molecule is COc1ccnc(N2CCN(CCc3cn(C)nn3)CC2)n1. The fourth-order valence-corrected chi connectivity index (χ4v) is 2.55. The zero-order valence-electron chi connectivity index (χ0n) is 13.0. The number of methoxy groups -OCH3 is 1. The van der Waals surface area contributed by atoms with Crippen molar-refractivity contribution in [1.29, 1.82) is 0 Å². The standard InChI is InChI=1S/C14H21N7O/c1-19-11-12(17-18-19)4-6-20-7-9-21(10-8-20)14-15-5-3-13(16-14)22-2/h3,5,11H,4,6-10H2,1-2H3. The molecule has 0 atom stereocenters. The van der Waals surface area contributed by atoms with Crippen molar-refractivity contribution >= 4 is 5.95 Å². The lowest BCUT2D eigenvalue weighted by Crippen LogP contribution is -2.47. The summed E-state index contributed by atoms with van der Waals surface area (Å²) in [5, 5.41) is 8.08. The smallest absolute Gasteiger partial charge is 0.228 e. The molecule has 2 aromatic heterocycles. The van der Waals surface area contributed by atoms with Gasteiger partial charge in [0.1, 0.15) is 0 Å². The Morgan fingerprint density at radius 2 is 2.05 bits per heavy atom. The van der Waals surface area contributed by atoms with Gasteiger partial charge < -0.3 is 9.64 Å². The Morgan fingerprint density at radius 1 is 1.23 bits per heavy atom. The number of hydrogen-bond donors (Lipinski definition) is 0. The van der Waals surface area contributed by atoms with Crippen LogP contribution in [0.4, 0.5) is 5.95 Å². The van der Waals surface area contributed by atoms with Crippen molar-refractivity contribution in [2.45, 2.75) is 6.42 Å². The molecule has 0 radical (unpaired) electrons. The Kier molecular flexibility index (Phi) is 4.47. The van der Waals surface area contributed by atoms with E-state index in [-0.39, 0.29) is 0 Å². The normalized spacial score (nSPS) is 16.0. The molecule has 1 fully saturated rings. The number of hydrogen-bond acceptors (Lipinski definition) is 7. The molecular formula is C14H21N7O. The minimum Gasteiger partial charge on any atom is -0.481 e. The van der Waals surface area contributed by atoms with Crippen LogP contribution in [0.2, 0.25) is 0 Å². The molecule has 2 aromatic rings. The molecule has 1 saturated heterocycles. The number of anilines is 1. The van der Waals surface area contributed by atoms with Crippen LogP contribution in [0.1, 0.15) is 5.69 Å². The Bertz CT molecular complexity index is 607. The topological polar surface area (TPSA) is 72.2 Å². The van der Waals surface area contributed by atoms with E-state index in [9.17, 15) is 0 Å². The van der Waals surface area contributed by atoms with Gasteiger partial charge in [-0.3, -0.25) is 9.58 Å². The van der Waals surface area contributed by atoms with Crippen LogP contribution < -0.4 is 9.64 Å². The highest BCUT2D eigenvalue weighted by molar-refractivity contribution is 5.32. The van der Waals surface area contributed by atoms with Gasteiger partial charge in [0, 0.05) is 64.7 Å². The Morgan fingerprint density at radius 3 is 2.73 bits per heavy atom. The van der Waals surface area contributed by atoms with Crippen molar-refractivity contribution in [2.24, 2.45) is 7.05 Å². The van der Waals surface area contributed by atoms with Crippen molar-refractivity contribution in [1.82, 2.24) is 29.9 Å². The molecule has 0 N–H and O–H groups in total. The third-order valence-corrected chi connectivity index (χ3v) is 3.82. The fourth-order valence-electron chi connectivity index (χ4n) is 2.55. The molecule has 1 aliphatic heterocycles. The van der Waals surface area contributed by atoms with E-state index in [1.165, 1.54) is 0 Å². The molecule has 0 spiro atoms. The molecule has 8 heteroatoms. The summed E-state index contributed by atoms with van der Waals surface area (Å²) in [6.45, 7) is 4.86. The number of aryl methyl sites for hydroxylation is 1. The number of ether oxygens (including phenoxy) is 1. The molecule has 22 heavy (non-hydrogen) atoms. The van der Waals surface area contributed by atoms with Crippen molar-refractivity contribution < 1.29 is 4.74 Å². The summed E-state index contributed by atoms with van der Waals surface area (Å²) < 4.78 is 6.90. The summed E-state index contributed by atoms with van der Waals surface area (Å²) in [5.74, 6) is 1.35. The molecule has 1 aliphatic rings. The number of rotatable bonds is 5. The zero-order chi connectivity index (χ0) is 15.4. The third-order valence-electron chi connectivity index (χ3n) is 3.82. The Labute approximate surface area is 129 Å². The lowest BCUT2D eigenvalue weighted by Gasteiger charge is -2.34. The fraction of sp³-hybridized carbons (Fsp3) is 0.571. The molecule has 0 unspecified atom stereocenters. The Hall–Kier alpha value is -2.22. The first-order chi connectivity index (χ1) is 10.7. The first-order valence-corrected chi connectivity index (χ1v) is 7.44. The van der Waals surface area contributed by atoms with Gasteiger partial charge >= 0.3 is 0 Å². The van der Waals surface area contributed by atoms with E-state index in [4.69, 9.17) is 4.74 Å². The lowest BCUT2D eigenvalue weighted by atomic mass is 10.2. The van der Waals surface area contributed by atoms with E-state index < -0.39 is 0 Å². The average Bonchev–Trinajstić information content (AvgIpc) is 2.99. The van der Waals surface area contributed by atoms with Crippen LogP contribution >= 0.6 is 0 Å². The first-order valence-electron chi connectivity index (χ1n) is 7.44. The van der Waals surface area contributed by atoms with E-state index in [1.54, 1.807) is 24.1 Å². The number of piperazine rings is 1. The number of nitrogens with zero attached hydrogens (tertiary/aromatic N) is 7. The molecule has 3 heterocycles. The van der Waals surface area contributed by atoms with Crippen molar-refractivity contribution in [3.8, 4) is 5.88 Å². The first kappa shape index (κ1) is 14.7. The maximum absolute atomic E-state index is 5.15. The van der Waals surface area contributed by atoms with Crippen LogP contribution in [0.5, 0.6) is 5.88 Å². The average molecular weight is 303 g/mol. The zero-order valence-corrected chi connectivity index (χ0v) is 13.0. The maximum atomic E-state index is 5.15. The van der Waals surface area contributed by atoms with Gasteiger partial charge in [0.05, 0.1) is 12.8 Å². The predicted molar refractivity (Wildman–Crippen MR) is 81.9 cm³/mol. The van der Waals surface area contributed by atoms with Gasteiger partial charge in [-0.05, 0) is 0 Å². The van der Waals surface area contributed by atoms with E-state index in [2.05, 4.69) is 30.1 Å². The maximum Gasteiger partial charge on any atom is 0.228 e. The highest BCUT2D eigenvalue weighted by Gasteiger charge is 2.19. The molecule has 0 amide bonds. The summed E-state index contributed by atoms with van der Waals surface area (Å²) in [4.78, 5) is 13.3. The van der Waals surface area contributed by atoms with E-state index in [1.807, 2.05) is 13.2 Å². The van der Waals surface area contributed by atoms with Crippen LogP contribution in [-0.4, -0.2) is 69.7 Å². The molecule has 0 aliphatic carbocycles. The largest absolute Gasteiger partial charge is 0.481 e. The number of aromatic nitrogens is 5. The second kappa shape index (κ2) is 6.69. The van der Waals surface area contributed by atoms with E-state index in [0.29, 0.717) is 5.88 Å². The van der Waals surface area contributed by atoms with Crippen LogP contribution in [0.15, 0.2) is 18.5 Å².